The predicted octanol–water partition coefficient (Wildman–Crippen LogP) is 1.14. The van der Waals surface area contributed by atoms with Gasteiger partial charge in [0, 0.05) is 12.5 Å². The van der Waals surface area contributed by atoms with E-state index < -0.39 is 17.0 Å². The fourth-order valence-corrected chi connectivity index (χ4v) is 1.62. The molecule has 0 saturated heterocycles. The highest BCUT2D eigenvalue weighted by atomic mass is 19.4. The van der Waals surface area contributed by atoms with Crippen molar-refractivity contribution in [3.63, 3.8) is 0 Å². The van der Waals surface area contributed by atoms with Crippen LogP contribution >= 0.6 is 0 Å². The summed E-state index contributed by atoms with van der Waals surface area (Å²) in [6.45, 7) is 0. The van der Waals surface area contributed by atoms with Crippen LogP contribution in [0.15, 0.2) is 0 Å². The summed E-state index contributed by atoms with van der Waals surface area (Å²) in [6, 6.07) is 0. The molecular formula is C7H9F3O2. The molecule has 0 heterocycles. The summed E-state index contributed by atoms with van der Waals surface area (Å²) >= 11 is 0. The molecule has 0 unspecified atom stereocenters. The highest BCUT2D eigenvalue weighted by Crippen LogP contribution is 2.89. The second-order valence-corrected chi connectivity index (χ2v) is 3.21. The number of aldehydes is 1. The van der Waals surface area contributed by atoms with Crippen molar-refractivity contribution in [2.75, 3.05) is 7.11 Å². The van der Waals surface area contributed by atoms with Gasteiger partial charge in [0.05, 0.1) is 5.41 Å². The zero-order valence-corrected chi connectivity index (χ0v) is 6.48. The molecule has 0 radical (unpaired) electrons. The standard InChI is InChI=1S/C6H5F3O.CH4O/c7-6(8,9)5-1-4(5,2-5)3-10;1-2/h3H,1-2H2;2H,1H3. The monoisotopic (exact) mass is 182 g/mol. The lowest BCUT2D eigenvalue weighted by Gasteiger charge is -2.06. The first-order chi connectivity index (χ1) is 5.47. The van der Waals surface area contributed by atoms with E-state index in [9.17, 15) is 18.0 Å². The third-order valence-corrected chi connectivity index (χ3v) is 2.71. The molecule has 2 aliphatic rings. The van der Waals surface area contributed by atoms with Crippen molar-refractivity contribution in [1.29, 1.82) is 0 Å². The quantitative estimate of drug-likeness (QED) is 0.617. The highest BCUT2D eigenvalue weighted by molar-refractivity contribution is 5.75. The van der Waals surface area contributed by atoms with Gasteiger partial charge in [0.15, 0.2) is 0 Å². The van der Waals surface area contributed by atoms with Crippen LogP contribution in [0.3, 0.4) is 0 Å². The van der Waals surface area contributed by atoms with Gasteiger partial charge < -0.3 is 9.90 Å². The second kappa shape index (κ2) is 2.22. The Labute approximate surface area is 67.4 Å². The Hall–Kier alpha value is -0.580. The first-order valence-electron chi connectivity index (χ1n) is 3.45. The van der Waals surface area contributed by atoms with E-state index in [1.54, 1.807) is 0 Å². The first-order valence-corrected chi connectivity index (χ1v) is 3.45. The van der Waals surface area contributed by atoms with Gasteiger partial charge in [0.2, 0.25) is 0 Å². The number of fused-ring (bicyclic) bond motifs is 1. The summed E-state index contributed by atoms with van der Waals surface area (Å²) in [7, 11) is 1.00. The number of aliphatic hydroxyl groups excluding tert-OH is 1. The van der Waals surface area contributed by atoms with E-state index in [1.807, 2.05) is 0 Å². The minimum atomic E-state index is -4.14. The Morgan fingerprint density at radius 2 is 1.75 bits per heavy atom. The number of rotatable bonds is 1. The lowest BCUT2D eigenvalue weighted by Crippen LogP contribution is -2.16. The minimum Gasteiger partial charge on any atom is -0.400 e. The normalized spacial score (nSPS) is 42.1. The maximum atomic E-state index is 11.9. The van der Waals surface area contributed by atoms with Gasteiger partial charge in [-0.15, -0.1) is 0 Å². The Balaban J connectivity index is 0.000000336. The first kappa shape index (κ1) is 9.51. The van der Waals surface area contributed by atoms with Crippen LogP contribution in [0.4, 0.5) is 13.2 Å². The summed E-state index contributed by atoms with van der Waals surface area (Å²) in [5, 5.41) is 7.00. The van der Waals surface area contributed by atoms with Crippen LogP contribution in [0.2, 0.25) is 0 Å². The summed E-state index contributed by atoms with van der Waals surface area (Å²) in [4.78, 5) is 10.1. The molecule has 2 nitrogen and oxygen atoms in total. The average molecular weight is 182 g/mol. The molecule has 0 aromatic heterocycles. The molecule has 0 amide bonds. The molecule has 0 aliphatic heterocycles. The fraction of sp³-hybridized carbons (Fsp3) is 0.857. The Bertz CT molecular complexity index is 203. The van der Waals surface area contributed by atoms with Crippen molar-refractivity contribution < 1.29 is 23.1 Å². The third kappa shape index (κ3) is 0.827. The summed E-state index contributed by atoms with van der Waals surface area (Å²) < 4.78 is 35.8. The van der Waals surface area contributed by atoms with Crippen LogP contribution in [0.5, 0.6) is 0 Å². The van der Waals surface area contributed by atoms with Crippen molar-refractivity contribution in [1.82, 2.24) is 0 Å². The van der Waals surface area contributed by atoms with Crippen LogP contribution in [-0.4, -0.2) is 24.7 Å². The molecule has 5 heteroatoms. The Kier molecular flexibility index (Phi) is 1.76. The molecule has 0 aromatic carbocycles. The number of carbonyl (C=O) groups excluding carboxylic acids is 1. The molecule has 70 valence electrons. The van der Waals surface area contributed by atoms with Crippen LogP contribution in [0.1, 0.15) is 12.8 Å². The van der Waals surface area contributed by atoms with E-state index in [0.717, 1.165) is 7.11 Å². The number of aliphatic hydroxyl groups is 1. The van der Waals surface area contributed by atoms with E-state index >= 15 is 0 Å². The fourth-order valence-electron chi connectivity index (χ4n) is 1.62. The average Bonchev–Trinajstić information content (AvgIpc) is 2.73. The molecule has 2 aliphatic carbocycles. The minimum absolute atomic E-state index is 0.0347. The molecule has 2 saturated carbocycles. The number of halogens is 3. The zero-order valence-electron chi connectivity index (χ0n) is 6.48. The van der Waals surface area contributed by atoms with Gasteiger partial charge in [-0.2, -0.15) is 13.2 Å². The van der Waals surface area contributed by atoms with Crippen LogP contribution in [0, 0.1) is 10.8 Å². The summed E-state index contributed by atoms with van der Waals surface area (Å²) in [5.74, 6) is 0. The van der Waals surface area contributed by atoms with Gasteiger partial charge in [-0.3, -0.25) is 0 Å². The Morgan fingerprint density at radius 3 is 1.83 bits per heavy atom. The summed E-state index contributed by atoms with van der Waals surface area (Å²) in [6.07, 6.45) is -3.62. The molecule has 12 heavy (non-hydrogen) atoms. The maximum Gasteiger partial charge on any atom is 0.395 e. The molecular weight excluding hydrogens is 173 g/mol. The molecule has 0 atom stereocenters. The van der Waals surface area contributed by atoms with Crippen LogP contribution in [-0.2, 0) is 4.79 Å². The van der Waals surface area contributed by atoms with Crippen LogP contribution < -0.4 is 0 Å². The van der Waals surface area contributed by atoms with Crippen molar-refractivity contribution >= 4 is 6.29 Å². The smallest absolute Gasteiger partial charge is 0.395 e. The van der Waals surface area contributed by atoms with Gasteiger partial charge in [0.25, 0.3) is 0 Å². The van der Waals surface area contributed by atoms with Gasteiger partial charge in [-0.1, -0.05) is 0 Å². The Morgan fingerprint density at radius 1 is 1.33 bits per heavy atom. The van der Waals surface area contributed by atoms with Gasteiger partial charge in [-0.25, -0.2) is 0 Å². The maximum absolute atomic E-state index is 11.9. The van der Waals surface area contributed by atoms with E-state index in [0.29, 0.717) is 6.29 Å². The molecule has 2 rings (SSSR count). The number of hydrogen-bond acceptors (Lipinski definition) is 2. The van der Waals surface area contributed by atoms with Gasteiger partial charge >= 0.3 is 6.18 Å². The molecule has 2 fully saturated rings. The van der Waals surface area contributed by atoms with E-state index in [2.05, 4.69) is 0 Å². The van der Waals surface area contributed by atoms with E-state index in [1.165, 1.54) is 0 Å². The SMILES string of the molecule is CO.O=CC12CC1(C(F)(F)F)C2. The number of alkyl halides is 3. The lowest BCUT2D eigenvalue weighted by molar-refractivity contribution is -0.168. The van der Waals surface area contributed by atoms with E-state index in [4.69, 9.17) is 5.11 Å². The molecule has 0 aromatic rings. The van der Waals surface area contributed by atoms with Crippen molar-refractivity contribution in [3.8, 4) is 0 Å². The highest BCUT2D eigenvalue weighted by Gasteiger charge is 2.93. The predicted molar refractivity (Wildman–Crippen MR) is 34.4 cm³/mol. The summed E-state index contributed by atoms with van der Waals surface area (Å²) in [5.41, 5.74) is -2.53. The topological polar surface area (TPSA) is 37.3 Å². The van der Waals surface area contributed by atoms with Gasteiger partial charge in [0.1, 0.15) is 6.29 Å². The van der Waals surface area contributed by atoms with Crippen molar-refractivity contribution in [3.05, 3.63) is 0 Å². The molecule has 0 spiro atoms. The van der Waals surface area contributed by atoms with Gasteiger partial charge in [-0.05, 0) is 12.8 Å². The zero-order chi connectivity index (χ0) is 9.62. The third-order valence-electron chi connectivity index (χ3n) is 2.71. The lowest BCUT2D eigenvalue weighted by atomic mass is 10.2. The number of carbonyl (C=O) groups is 1. The molecule has 1 N–H and O–H groups in total. The van der Waals surface area contributed by atoms with Crippen LogP contribution in [0.25, 0.3) is 0 Å². The van der Waals surface area contributed by atoms with Crippen molar-refractivity contribution in [2.24, 2.45) is 10.8 Å². The van der Waals surface area contributed by atoms with Crippen molar-refractivity contribution in [2.45, 2.75) is 19.0 Å². The second-order valence-electron chi connectivity index (χ2n) is 3.21. The van der Waals surface area contributed by atoms with E-state index in [-0.39, 0.29) is 12.8 Å². The largest absolute Gasteiger partial charge is 0.400 e. The number of hydrogen-bond donors (Lipinski definition) is 1. The molecule has 0 bridgehead atoms.